The highest BCUT2D eigenvalue weighted by Crippen LogP contribution is 2.33. The molecule has 0 spiro atoms. The SMILES string of the molecule is COc1cc(C)ccc1NC(=O)C1CNc2ccccc21. The Hall–Kier alpha value is -2.49. The third-order valence-corrected chi connectivity index (χ3v) is 3.76. The molecule has 2 aromatic carbocycles. The molecule has 1 amide bonds. The van der Waals surface area contributed by atoms with Crippen LogP contribution in [0.3, 0.4) is 0 Å². The Morgan fingerprint density at radius 1 is 1.29 bits per heavy atom. The molecule has 1 aliphatic heterocycles. The topological polar surface area (TPSA) is 50.4 Å². The van der Waals surface area contributed by atoms with Crippen molar-refractivity contribution in [2.24, 2.45) is 0 Å². The zero-order chi connectivity index (χ0) is 14.8. The van der Waals surface area contributed by atoms with E-state index in [1.54, 1.807) is 7.11 Å². The second kappa shape index (κ2) is 5.48. The van der Waals surface area contributed by atoms with Crippen LogP contribution in [0.15, 0.2) is 42.5 Å². The number of carbonyl (C=O) groups excluding carboxylic acids is 1. The van der Waals surface area contributed by atoms with Crippen molar-refractivity contribution in [2.75, 3.05) is 24.3 Å². The van der Waals surface area contributed by atoms with Crippen molar-refractivity contribution >= 4 is 17.3 Å². The van der Waals surface area contributed by atoms with Crippen LogP contribution in [0.4, 0.5) is 11.4 Å². The quantitative estimate of drug-likeness (QED) is 0.909. The minimum atomic E-state index is -0.174. The van der Waals surface area contributed by atoms with E-state index in [1.807, 2.05) is 49.4 Å². The van der Waals surface area contributed by atoms with Crippen LogP contribution in [0.25, 0.3) is 0 Å². The summed E-state index contributed by atoms with van der Waals surface area (Å²) >= 11 is 0. The molecular weight excluding hydrogens is 264 g/mol. The molecule has 4 heteroatoms. The maximum atomic E-state index is 12.5. The van der Waals surface area contributed by atoms with E-state index >= 15 is 0 Å². The summed E-state index contributed by atoms with van der Waals surface area (Å²) in [6.45, 7) is 2.62. The van der Waals surface area contributed by atoms with Gasteiger partial charge in [-0.3, -0.25) is 4.79 Å². The summed E-state index contributed by atoms with van der Waals surface area (Å²) in [5, 5.41) is 6.23. The zero-order valence-electron chi connectivity index (χ0n) is 12.1. The monoisotopic (exact) mass is 282 g/mol. The fraction of sp³-hybridized carbons (Fsp3) is 0.235. The van der Waals surface area contributed by atoms with Crippen molar-refractivity contribution < 1.29 is 9.53 Å². The van der Waals surface area contributed by atoms with Gasteiger partial charge in [-0.2, -0.15) is 0 Å². The van der Waals surface area contributed by atoms with Gasteiger partial charge in [0, 0.05) is 12.2 Å². The Balaban J connectivity index is 1.82. The van der Waals surface area contributed by atoms with Gasteiger partial charge in [-0.1, -0.05) is 24.3 Å². The van der Waals surface area contributed by atoms with E-state index < -0.39 is 0 Å². The lowest BCUT2D eigenvalue weighted by Crippen LogP contribution is -2.22. The number of para-hydroxylation sites is 1. The van der Waals surface area contributed by atoms with E-state index in [9.17, 15) is 4.79 Å². The number of hydrogen-bond acceptors (Lipinski definition) is 3. The number of fused-ring (bicyclic) bond motifs is 1. The predicted molar refractivity (Wildman–Crippen MR) is 84.0 cm³/mol. The van der Waals surface area contributed by atoms with Gasteiger partial charge in [-0.25, -0.2) is 0 Å². The first kappa shape index (κ1) is 13.5. The molecule has 0 aliphatic carbocycles. The number of ether oxygens (including phenoxy) is 1. The minimum absolute atomic E-state index is 0.0189. The Morgan fingerprint density at radius 3 is 2.90 bits per heavy atom. The van der Waals surface area contributed by atoms with Crippen LogP contribution in [0.2, 0.25) is 0 Å². The second-order valence-electron chi connectivity index (χ2n) is 5.21. The summed E-state index contributed by atoms with van der Waals surface area (Å²) in [5.74, 6) is 0.490. The van der Waals surface area contributed by atoms with Gasteiger partial charge in [0.15, 0.2) is 0 Å². The number of nitrogens with one attached hydrogen (secondary N) is 2. The van der Waals surface area contributed by atoms with Crippen LogP contribution >= 0.6 is 0 Å². The summed E-state index contributed by atoms with van der Waals surface area (Å²) in [4.78, 5) is 12.5. The number of carbonyl (C=O) groups is 1. The van der Waals surface area contributed by atoms with Gasteiger partial charge in [0.2, 0.25) is 5.91 Å². The molecule has 0 saturated carbocycles. The van der Waals surface area contributed by atoms with Crippen molar-refractivity contribution in [3.63, 3.8) is 0 Å². The molecule has 21 heavy (non-hydrogen) atoms. The standard InChI is InChI=1S/C17H18N2O2/c1-11-7-8-15(16(9-11)21-2)19-17(20)13-10-18-14-6-4-3-5-12(13)14/h3-9,13,18H,10H2,1-2H3,(H,19,20). The van der Waals surface area contributed by atoms with E-state index in [4.69, 9.17) is 4.74 Å². The van der Waals surface area contributed by atoms with Gasteiger partial charge < -0.3 is 15.4 Å². The molecule has 0 radical (unpaired) electrons. The molecule has 1 atom stereocenters. The maximum Gasteiger partial charge on any atom is 0.233 e. The van der Waals surface area contributed by atoms with E-state index in [1.165, 1.54) is 0 Å². The molecule has 0 aromatic heterocycles. The summed E-state index contributed by atoms with van der Waals surface area (Å²) in [6, 6.07) is 13.7. The van der Waals surface area contributed by atoms with Crippen molar-refractivity contribution in [2.45, 2.75) is 12.8 Å². The number of anilines is 2. The van der Waals surface area contributed by atoms with Crippen LogP contribution < -0.4 is 15.4 Å². The first-order valence-corrected chi connectivity index (χ1v) is 6.97. The molecule has 3 rings (SSSR count). The lowest BCUT2D eigenvalue weighted by atomic mass is 10.0. The van der Waals surface area contributed by atoms with Gasteiger partial charge in [0.1, 0.15) is 5.75 Å². The summed E-state index contributed by atoms with van der Waals surface area (Å²) in [5.41, 5.74) is 3.88. The smallest absolute Gasteiger partial charge is 0.233 e. The average molecular weight is 282 g/mol. The number of methoxy groups -OCH3 is 1. The van der Waals surface area contributed by atoms with Crippen molar-refractivity contribution in [1.29, 1.82) is 0 Å². The van der Waals surface area contributed by atoms with E-state index in [0.29, 0.717) is 18.0 Å². The van der Waals surface area contributed by atoms with Crippen molar-refractivity contribution in [1.82, 2.24) is 0 Å². The van der Waals surface area contributed by atoms with Gasteiger partial charge >= 0.3 is 0 Å². The molecule has 0 fully saturated rings. The Kier molecular flexibility index (Phi) is 3.52. The van der Waals surface area contributed by atoms with Crippen LogP contribution in [0.1, 0.15) is 17.0 Å². The number of rotatable bonds is 3. The average Bonchev–Trinajstić information content (AvgIpc) is 2.93. The molecule has 108 valence electrons. The third kappa shape index (κ3) is 2.57. The highest BCUT2D eigenvalue weighted by Gasteiger charge is 2.28. The number of hydrogen-bond donors (Lipinski definition) is 2. The summed E-state index contributed by atoms with van der Waals surface area (Å²) < 4.78 is 5.33. The molecule has 0 saturated heterocycles. The lowest BCUT2D eigenvalue weighted by Gasteiger charge is -2.14. The molecule has 2 aromatic rings. The van der Waals surface area contributed by atoms with Gasteiger partial charge in [-0.15, -0.1) is 0 Å². The highest BCUT2D eigenvalue weighted by molar-refractivity contribution is 5.99. The molecular formula is C17H18N2O2. The molecule has 2 N–H and O–H groups in total. The summed E-state index contributed by atoms with van der Waals surface area (Å²) in [7, 11) is 1.61. The second-order valence-corrected chi connectivity index (χ2v) is 5.21. The van der Waals surface area contributed by atoms with Crippen LogP contribution in [0, 0.1) is 6.92 Å². The van der Waals surface area contributed by atoms with Crippen LogP contribution in [-0.2, 0) is 4.79 Å². The molecule has 1 aliphatic rings. The maximum absolute atomic E-state index is 12.5. The van der Waals surface area contributed by atoms with Gasteiger partial charge in [0.25, 0.3) is 0 Å². The van der Waals surface area contributed by atoms with E-state index in [0.717, 1.165) is 16.8 Å². The van der Waals surface area contributed by atoms with Crippen LogP contribution in [-0.4, -0.2) is 19.6 Å². The molecule has 0 bridgehead atoms. The molecule has 1 heterocycles. The van der Waals surface area contributed by atoms with Gasteiger partial charge in [-0.05, 0) is 36.2 Å². The lowest BCUT2D eigenvalue weighted by molar-refractivity contribution is -0.117. The normalized spacial score (nSPS) is 16.0. The largest absolute Gasteiger partial charge is 0.495 e. The van der Waals surface area contributed by atoms with Gasteiger partial charge in [0.05, 0.1) is 18.7 Å². The van der Waals surface area contributed by atoms with Crippen molar-refractivity contribution in [3.8, 4) is 5.75 Å². The number of aryl methyl sites for hydroxylation is 1. The first-order valence-electron chi connectivity index (χ1n) is 6.97. The third-order valence-electron chi connectivity index (χ3n) is 3.76. The molecule has 1 unspecified atom stereocenters. The Bertz CT molecular complexity index is 682. The van der Waals surface area contributed by atoms with E-state index in [-0.39, 0.29) is 11.8 Å². The Morgan fingerprint density at radius 2 is 2.10 bits per heavy atom. The number of amides is 1. The fourth-order valence-corrected chi connectivity index (χ4v) is 2.64. The Labute approximate surface area is 124 Å². The summed E-state index contributed by atoms with van der Waals surface area (Å²) in [6.07, 6.45) is 0. The minimum Gasteiger partial charge on any atom is -0.495 e. The number of benzene rings is 2. The fourth-order valence-electron chi connectivity index (χ4n) is 2.64. The zero-order valence-corrected chi connectivity index (χ0v) is 12.1. The molecule has 4 nitrogen and oxygen atoms in total. The van der Waals surface area contributed by atoms with Crippen LogP contribution in [0.5, 0.6) is 5.75 Å². The highest BCUT2D eigenvalue weighted by atomic mass is 16.5. The predicted octanol–water partition coefficient (Wildman–Crippen LogP) is 3.15. The van der Waals surface area contributed by atoms with E-state index in [2.05, 4.69) is 10.6 Å². The van der Waals surface area contributed by atoms with Crippen molar-refractivity contribution in [3.05, 3.63) is 53.6 Å². The first-order chi connectivity index (χ1) is 10.2.